The van der Waals surface area contributed by atoms with Crippen molar-refractivity contribution in [2.24, 2.45) is 5.92 Å². The van der Waals surface area contributed by atoms with E-state index in [4.69, 9.17) is 13.9 Å². The molecule has 1 unspecified atom stereocenters. The second-order valence-corrected chi connectivity index (χ2v) is 8.43. The van der Waals surface area contributed by atoms with Crippen molar-refractivity contribution < 1.29 is 27.9 Å². The van der Waals surface area contributed by atoms with E-state index in [0.717, 1.165) is 11.8 Å². The molecule has 0 spiro atoms. The number of nitrogens with one attached hydrogen (secondary N) is 1. The van der Waals surface area contributed by atoms with Gasteiger partial charge in [-0.05, 0) is 50.8 Å². The molecule has 1 aromatic heterocycles. The maximum Gasteiger partial charge on any atom is 0.407 e. The first-order chi connectivity index (χ1) is 13.2. The summed E-state index contributed by atoms with van der Waals surface area (Å²) < 4.78 is 31.4. The van der Waals surface area contributed by atoms with Gasteiger partial charge in [0.05, 0.1) is 25.2 Å². The Bertz CT molecular complexity index is 933. The number of hydrogen-bond acceptors (Lipinski definition) is 6. The summed E-state index contributed by atoms with van der Waals surface area (Å²) >= 11 is 0. The number of alkyl carbamates (subject to hydrolysis) is 1. The van der Waals surface area contributed by atoms with Crippen LogP contribution in [0.15, 0.2) is 10.5 Å². The number of carbonyl (C=O) groups excluding carboxylic acids is 2. The van der Waals surface area contributed by atoms with Crippen LogP contribution < -0.4 is 5.32 Å². The zero-order chi connectivity index (χ0) is 20.1. The molecule has 0 bridgehead atoms. The molecule has 2 aromatic rings. The average Bonchev–Trinajstić information content (AvgIpc) is 3.30. The molecular formula is C20H23FN2O5. The van der Waals surface area contributed by atoms with Crippen LogP contribution in [0.1, 0.15) is 43.7 Å². The third-order valence-corrected chi connectivity index (χ3v) is 5.07. The first kappa shape index (κ1) is 18.9. The van der Waals surface area contributed by atoms with Crippen LogP contribution in [0.2, 0.25) is 0 Å². The van der Waals surface area contributed by atoms with E-state index >= 15 is 0 Å². The van der Waals surface area contributed by atoms with Crippen LogP contribution in [-0.4, -0.2) is 42.2 Å². The zero-order valence-corrected chi connectivity index (χ0v) is 16.1. The van der Waals surface area contributed by atoms with Crippen LogP contribution in [0.4, 0.5) is 9.18 Å². The van der Waals surface area contributed by atoms with Gasteiger partial charge in [0.2, 0.25) is 5.89 Å². The Morgan fingerprint density at radius 3 is 2.86 bits per heavy atom. The molecule has 0 saturated carbocycles. The summed E-state index contributed by atoms with van der Waals surface area (Å²) in [6.45, 7) is 5.96. The Hall–Kier alpha value is -2.48. The van der Waals surface area contributed by atoms with E-state index in [1.54, 1.807) is 26.8 Å². The molecule has 1 saturated heterocycles. The lowest BCUT2D eigenvalue weighted by Gasteiger charge is -2.22. The van der Waals surface area contributed by atoms with Crippen LogP contribution in [0, 0.1) is 11.7 Å². The molecule has 1 aliphatic heterocycles. The Morgan fingerprint density at radius 1 is 1.36 bits per heavy atom. The summed E-state index contributed by atoms with van der Waals surface area (Å²) in [7, 11) is 0. The highest BCUT2D eigenvalue weighted by atomic mass is 19.1. The van der Waals surface area contributed by atoms with Gasteiger partial charge in [0.25, 0.3) is 0 Å². The summed E-state index contributed by atoms with van der Waals surface area (Å²) in [4.78, 5) is 27.6. The number of amides is 1. The molecule has 150 valence electrons. The summed E-state index contributed by atoms with van der Waals surface area (Å²) in [6, 6.07) is 1.41. The third kappa shape index (κ3) is 3.48. The van der Waals surface area contributed by atoms with Gasteiger partial charge in [-0.1, -0.05) is 0 Å². The van der Waals surface area contributed by atoms with Crippen LogP contribution >= 0.6 is 0 Å². The van der Waals surface area contributed by atoms with Gasteiger partial charge < -0.3 is 24.0 Å². The Morgan fingerprint density at radius 2 is 2.14 bits per heavy atom. The number of oxazole rings is 1. The van der Waals surface area contributed by atoms with Crippen LogP contribution in [0.5, 0.6) is 0 Å². The van der Waals surface area contributed by atoms with Crippen LogP contribution in [-0.2, 0) is 27.1 Å². The lowest BCUT2D eigenvalue weighted by molar-refractivity contribution is -0.110. The number of carbonyl (C=O) groups is 2. The number of aldehydes is 1. The topological polar surface area (TPSA) is 90.7 Å². The van der Waals surface area contributed by atoms with Gasteiger partial charge in [-0.15, -0.1) is 0 Å². The molecule has 2 heterocycles. The second-order valence-electron chi connectivity index (χ2n) is 8.43. The smallest absolute Gasteiger partial charge is 0.407 e. The Kier molecular flexibility index (Phi) is 4.61. The lowest BCUT2D eigenvalue weighted by Crippen LogP contribution is -2.42. The minimum absolute atomic E-state index is 0.0863. The number of hydrogen-bond donors (Lipinski definition) is 1. The maximum atomic E-state index is 14.9. The largest absolute Gasteiger partial charge is 0.444 e. The first-order valence-electron chi connectivity index (χ1n) is 9.38. The van der Waals surface area contributed by atoms with Gasteiger partial charge in [0.1, 0.15) is 17.4 Å². The van der Waals surface area contributed by atoms with E-state index < -0.39 is 17.5 Å². The van der Waals surface area contributed by atoms with Gasteiger partial charge in [-0.25, -0.2) is 14.2 Å². The molecule has 1 aliphatic carbocycles. The summed E-state index contributed by atoms with van der Waals surface area (Å²) in [5.74, 6) is -0.660. The number of aromatic nitrogens is 1. The predicted octanol–water partition coefficient (Wildman–Crippen LogP) is 2.89. The SMILES string of the molecule is CC(C)(C)OC(=O)N[C@H]1COC[C@@H]1c1nc2cc3c(c(F)c2o1)CC(C=O)C3. The normalized spacial score (nSPS) is 24.4. The van der Waals surface area contributed by atoms with E-state index in [1.807, 2.05) is 0 Å². The van der Waals surface area contributed by atoms with Gasteiger partial charge in [0.15, 0.2) is 11.4 Å². The fourth-order valence-electron chi connectivity index (χ4n) is 3.81. The van der Waals surface area contributed by atoms with Gasteiger partial charge in [0, 0.05) is 5.92 Å². The molecule has 7 nitrogen and oxygen atoms in total. The number of benzene rings is 1. The maximum absolute atomic E-state index is 14.9. The summed E-state index contributed by atoms with van der Waals surface area (Å²) in [6.07, 6.45) is 1.22. The van der Waals surface area contributed by atoms with Crippen molar-refractivity contribution in [3.8, 4) is 0 Å². The highest BCUT2D eigenvalue weighted by molar-refractivity contribution is 5.77. The van der Waals surface area contributed by atoms with E-state index in [2.05, 4.69) is 10.3 Å². The number of nitrogens with zero attached hydrogens (tertiary/aromatic N) is 1. The highest BCUT2D eigenvalue weighted by Crippen LogP contribution is 2.35. The number of fused-ring (bicyclic) bond motifs is 2. The van der Waals surface area contributed by atoms with E-state index in [1.165, 1.54) is 0 Å². The van der Waals surface area contributed by atoms with E-state index in [0.29, 0.717) is 43.0 Å². The minimum atomic E-state index is -0.611. The predicted molar refractivity (Wildman–Crippen MR) is 97.6 cm³/mol. The molecule has 1 N–H and O–H groups in total. The van der Waals surface area contributed by atoms with Crippen molar-refractivity contribution in [3.63, 3.8) is 0 Å². The molecule has 1 aromatic carbocycles. The fourth-order valence-corrected chi connectivity index (χ4v) is 3.81. The quantitative estimate of drug-likeness (QED) is 0.811. The monoisotopic (exact) mass is 390 g/mol. The van der Waals surface area contributed by atoms with Crippen molar-refractivity contribution >= 4 is 23.5 Å². The zero-order valence-electron chi connectivity index (χ0n) is 16.1. The molecule has 4 rings (SSSR count). The Labute approximate surface area is 161 Å². The van der Waals surface area contributed by atoms with Gasteiger partial charge >= 0.3 is 6.09 Å². The molecule has 1 amide bonds. The molecule has 3 atom stereocenters. The number of halogens is 1. The van der Waals surface area contributed by atoms with Crippen molar-refractivity contribution in [2.75, 3.05) is 13.2 Å². The van der Waals surface area contributed by atoms with Crippen LogP contribution in [0.25, 0.3) is 11.1 Å². The number of ether oxygens (including phenoxy) is 2. The lowest BCUT2D eigenvalue weighted by atomic mass is 10.0. The van der Waals surface area contributed by atoms with Crippen molar-refractivity contribution in [1.29, 1.82) is 0 Å². The summed E-state index contributed by atoms with van der Waals surface area (Å²) in [5.41, 5.74) is 1.22. The molecule has 28 heavy (non-hydrogen) atoms. The molecule has 2 aliphatic rings. The standard InChI is InChI=1S/C20H23FN2O5/c1-20(2,3)28-19(25)23-15-9-26-8-13(15)18-22-14-6-11-4-10(7-24)5-12(11)16(21)17(14)27-18/h6-7,10,13,15H,4-5,8-9H2,1-3H3,(H,23,25)/t10?,13-,15-/m0/s1. The molecule has 0 radical (unpaired) electrons. The third-order valence-electron chi connectivity index (χ3n) is 5.07. The number of rotatable bonds is 3. The minimum Gasteiger partial charge on any atom is -0.444 e. The van der Waals surface area contributed by atoms with E-state index in [9.17, 15) is 14.0 Å². The fraction of sp³-hybridized carbons (Fsp3) is 0.550. The molecular weight excluding hydrogens is 367 g/mol. The van der Waals surface area contributed by atoms with Gasteiger partial charge in [-0.2, -0.15) is 0 Å². The second kappa shape index (κ2) is 6.84. The van der Waals surface area contributed by atoms with Crippen molar-refractivity contribution in [1.82, 2.24) is 10.3 Å². The van der Waals surface area contributed by atoms with Gasteiger partial charge in [-0.3, -0.25) is 0 Å². The highest BCUT2D eigenvalue weighted by Gasteiger charge is 2.36. The Balaban J connectivity index is 1.58. The van der Waals surface area contributed by atoms with E-state index in [-0.39, 0.29) is 23.5 Å². The molecule has 8 heteroatoms. The molecule has 1 fully saturated rings. The van der Waals surface area contributed by atoms with Crippen molar-refractivity contribution in [3.05, 3.63) is 28.9 Å². The first-order valence-corrected chi connectivity index (χ1v) is 9.38. The average molecular weight is 390 g/mol. The van der Waals surface area contributed by atoms with Crippen molar-refractivity contribution in [2.45, 2.75) is 51.2 Å². The summed E-state index contributed by atoms with van der Waals surface area (Å²) in [5, 5.41) is 2.78. The van der Waals surface area contributed by atoms with Crippen LogP contribution in [0.3, 0.4) is 0 Å².